The SMILES string of the molecule is CCNC(=NCc1nnc2ccccn12)NCCOc1ccc(C)cc1.I. The largest absolute Gasteiger partial charge is 0.492 e. The molecule has 144 valence electrons. The van der Waals surface area contributed by atoms with Crippen molar-refractivity contribution in [2.24, 2.45) is 4.99 Å². The maximum absolute atomic E-state index is 5.73. The summed E-state index contributed by atoms with van der Waals surface area (Å²) in [5.41, 5.74) is 2.04. The zero-order chi connectivity index (χ0) is 18.2. The van der Waals surface area contributed by atoms with Crippen LogP contribution in [0.3, 0.4) is 0 Å². The molecule has 0 fully saturated rings. The van der Waals surface area contributed by atoms with Gasteiger partial charge in [-0.15, -0.1) is 34.2 Å². The van der Waals surface area contributed by atoms with Crippen LogP contribution in [0.1, 0.15) is 18.3 Å². The first kappa shape index (κ1) is 20.9. The van der Waals surface area contributed by atoms with Crippen LogP contribution in [-0.2, 0) is 6.54 Å². The normalized spacial score (nSPS) is 11.1. The molecule has 2 aromatic heterocycles. The topological polar surface area (TPSA) is 75.8 Å². The third-order valence-electron chi connectivity index (χ3n) is 3.79. The molecule has 27 heavy (non-hydrogen) atoms. The highest BCUT2D eigenvalue weighted by Crippen LogP contribution is 2.10. The minimum absolute atomic E-state index is 0. The van der Waals surface area contributed by atoms with Gasteiger partial charge in [-0.2, -0.15) is 0 Å². The van der Waals surface area contributed by atoms with Crippen LogP contribution >= 0.6 is 24.0 Å². The molecule has 0 saturated carbocycles. The van der Waals surface area contributed by atoms with Crippen molar-refractivity contribution in [1.29, 1.82) is 0 Å². The van der Waals surface area contributed by atoms with Crippen molar-refractivity contribution < 1.29 is 4.74 Å². The van der Waals surface area contributed by atoms with E-state index >= 15 is 0 Å². The van der Waals surface area contributed by atoms with Crippen LogP contribution in [0.4, 0.5) is 0 Å². The fraction of sp³-hybridized carbons (Fsp3) is 0.316. The van der Waals surface area contributed by atoms with Crippen LogP contribution < -0.4 is 15.4 Å². The summed E-state index contributed by atoms with van der Waals surface area (Å²) in [4.78, 5) is 4.58. The molecule has 0 saturated heterocycles. The van der Waals surface area contributed by atoms with Gasteiger partial charge in [0.25, 0.3) is 0 Å². The Morgan fingerprint density at radius 2 is 1.93 bits per heavy atom. The average molecular weight is 480 g/mol. The minimum atomic E-state index is 0. The van der Waals surface area contributed by atoms with E-state index in [0.717, 1.165) is 29.7 Å². The molecular formula is C19H25IN6O. The first-order valence-electron chi connectivity index (χ1n) is 8.76. The van der Waals surface area contributed by atoms with E-state index in [1.165, 1.54) is 5.56 Å². The second-order valence-electron chi connectivity index (χ2n) is 5.83. The van der Waals surface area contributed by atoms with Crippen LogP contribution in [0, 0.1) is 6.92 Å². The Kier molecular flexibility index (Phi) is 8.31. The highest BCUT2D eigenvalue weighted by Gasteiger charge is 2.04. The van der Waals surface area contributed by atoms with E-state index in [9.17, 15) is 0 Å². The molecular weight excluding hydrogens is 455 g/mol. The molecule has 3 rings (SSSR count). The maximum atomic E-state index is 5.73. The van der Waals surface area contributed by atoms with Crippen LogP contribution in [0.2, 0.25) is 0 Å². The van der Waals surface area contributed by atoms with Gasteiger partial charge >= 0.3 is 0 Å². The van der Waals surface area contributed by atoms with Gasteiger partial charge in [-0.1, -0.05) is 23.8 Å². The van der Waals surface area contributed by atoms with Crippen molar-refractivity contribution in [2.45, 2.75) is 20.4 Å². The van der Waals surface area contributed by atoms with Crippen LogP contribution in [0.25, 0.3) is 5.65 Å². The summed E-state index contributed by atoms with van der Waals surface area (Å²) >= 11 is 0. The Labute approximate surface area is 176 Å². The predicted octanol–water partition coefficient (Wildman–Crippen LogP) is 2.79. The molecule has 0 atom stereocenters. The Balaban J connectivity index is 0.00000261. The Morgan fingerprint density at radius 1 is 1.11 bits per heavy atom. The first-order chi connectivity index (χ1) is 12.8. The summed E-state index contributed by atoms with van der Waals surface area (Å²) in [7, 11) is 0. The third kappa shape index (κ3) is 6.09. The molecule has 2 N–H and O–H groups in total. The van der Waals surface area contributed by atoms with Gasteiger partial charge in [-0.25, -0.2) is 4.99 Å². The lowest BCUT2D eigenvalue weighted by atomic mass is 10.2. The van der Waals surface area contributed by atoms with Crippen LogP contribution in [-0.4, -0.2) is 40.3 Å². The molecule has 0 aliphatic heterocycles. The molecule has 0 aliphatic rings. The Hall–Kier alpha value is -2.36. The molecule has 0 unspecified atom stereocenters. The fourth-order valence-electron chi connectivity index (χ4n) is 2.46. The molecule has 3 aromatic rings. The lowest BCUT2D eigenvalue weighted by molar-refractivity contribution is 0.322. The number of hydrogen-bond acceptors (Lipinski definition) is 4. The van der Waals surface area contributed by atoms with Gasteiger partial charge < -0.3 is 15.4 Å². The molecule has 7 nitrogen and oxygen atoms in total. The second kappa shape index (κ2) is 10.7. The van der Waals surface area contributed by atoms with Crippen molar-refractivity contribution in [1.82, 2.24) is 25.2 Å². The van der Waals surface area contributed by atoms with Crippen LogP contribution in [0.15, 0.2) is 53.7 Å². The Morgan fingerprint density at radius 3 is 2.70 bits per heavy atom. The Bertz CT molecular complexity index is 862. The number of rotatable bonds is 7. The minimum Gasteiger partial charge on any atom is -0.492 e. The monoisotopic (exact) mass is 480 g/mol. The van der Waals surface area contributed by atoms with Gasteiger partial charge in [-0.3, -0.25) is 4.40 Å². The predicted molar refractivity (Wildman–Crippen MR) is 118 cm³/mol. The van der Waals surface area contributed by atoms with E-state index < -0.39 is 0 Å². The number of guanidine groups is 1. The highest BCUT2D eigenvalue weighted by molar-refractivity contribution is 14.0. The quantitative estimate of drug-likeness (QED) is 0.236. The summed E-state index contributed by atoms with van der Waals surface area (Å²) in [5.74, 6) is 2.40. The molecule has 2 heterocycles. The van der Waals surface area contributed by atoms with Crippen molar-refractivity contribution in [2.75, 3.05) is 19.7 Å². The van der Waals surface area contributed by atoms with Gasteiger partial charge in [0.15, 0.2) is 17.4 Å². The molecule has 1 aromatic carbocycles. The van der Waals surface area contributed by atoms with E-state index in [1.807, 2.05) is 60.0 Å². The number of aliphatic imine (C=N–C) groups is 1. The molecule has 0 bridgehead atoms. The lowest BCUT2D eigenvalue weighted by Gasteiger charge is -2.12. The van der Waals surface area contributed by atoms with E-state index in [4.69, 9.17) is 4.74 Å². The number of aromatic nitrogens is 3. The summed E-state index contributed by atoms with van der Waals surface area (Å²) in [6, 6.07) is 13.8. The zero-order valence-corrected chi connectivity index (χ0v) is 17.9. The smallest absolute Gasteiger partial charge is 0.191 e. The summed E-state index contributed by atoms with van der Waals surface area (Å²) in [5, 5.41) is 14.8. The number of fused-ring (bicyclic) bond motifs is 1. The van der Waals surface area contributed by atoms with Crippen molar-refractivity contribution >= 4 is 35.6 Å². The number of pyridine rings is 1. The van der Waals surface area contributed by atoms with Crippen LogP contribution in [0.5, 0.6) is 5.75 Å². The summed E-state index contributed by atoms with van der Waals surface area (Å²) in [6.45, 7) is 6.53. The number of ether oxygens (including phenoxy) is 1. The first-order valence-corrected chi connectivity index (χ1v) is 8.76. The molecule has 8 heteroatoms. The van der Waals surface area contributed by atoms with Gasteiger partial charge in [0, 0.05) is 12.7 Å². The van der Waals surface area contributed by atoms with Gasteiger partial charge in [0.2, 0.25) is 0 Å². The van der Waals surface area contributed by atoms with Gasteiger partial charge in [0.05, 0.1) is 6.54 Å². The second-order valence-corrected chi connectivity index (χ2v) is 5.83. The standard InChI is InChI=1S/C19H24N6O.HI/c1-3-20-19(21-11-13-26-16-9-7-15(2)8-10-16)22-14-18-24-23-17-6-4-5-12-25(17)18;/h4-10,12H,3,11,13-14H2,1-2H3,(H2,20,21,22);1H. The molecule has 0 spiro atoms. The van der Waals surface area contributed by atoms with Crippen molar-refractivity contribution in [3.05, 3.63) is 60.0 Å². The van der Waals surface area contributed by atoms with E-state index in [-0.39, 0.29) is 24.0 Å². The summed E-state index contributed by atoms with van der Waals surface area (Å²) in [6.07, 6.45) is 1.94. The number of hydrogen-bond donors (Lipinski definition) is 2. The average Bonchev–Trinajstić information content (AvgIpc) is 3.08. The lowest BCUT2D eigenvalue weighted by Crippen LogP contribution is -2.39. The van der Waals surface area contributed by atoms with Gasteiger partial charge in [0.1, 0.15) is 18.9 Å². The molecule has 0 aliphatic carbocycles. The van der Waals surface area contributed by atoms with E-state index in [1.54, 1.807) is 0 Å². The summed E-state index contributed by atoms with van der Waals surface area (Å²) < 4.78 is 7.66. The highest BCUT2D eigenvalue weighted by atomic mass is 127. The number of benzene rings is 1. The van der Waals surface area contributed by atoms with E-state index in [2.05, 4.69) is 32.7 Å². The third-order valence-corrected chi connectivity index (χ3v) is 3.79. The number of aryl methyl sites for hydroxylation is 1. The number of nitrogens with one attached hydrogen (secondary N) is 2. The van der Waals surface area contributed by atoms with E-state index in [0.29, 0.717) is 19.7 Å². The van der Waals surface area contributed by atoms with Crippen molar-refractivity contribution in [3.8, 4) is 5.75 Å². The van der Waals surface area contributed by atoms with Gasteiger partial charge in [-0.05, 0) is 38.1 Å². The zero-order valence-electron chi connectivity index (χ0n) is 15.6. The molecule has 0 amide bonds. The fourth-order valence-corrected chi connectivity index (χ4v) is 2.46. The number of nitrogens with zero attached hydrogens (tertiary/aromatic N) is 4. The maximum Gasteiger partial charge on any atom is 0.191 e. The van der Waals surface area contributed by atoms with Crippen molar-refractivity contribution in [3.63, 3.8) is 0 Å². The molecule has 0 radical (unpaired) electrons. The number of halogens is 1.